The van der Waals surface area contributed by atoms with Crippen LogP contribution in [0, 0.1) is 0 Å². The molecule has 0 aromatic heterocycles. The molecule has 172 valence electrons. The van der Waals surface area contributed by atoms with Crippen LogP contribution in [0.4, 0.5) is 0 Å². The first kappa shape index (κ1) is 21.3. The van der Waals surface area contributed by atoms with E-state index in [1.54, 1.807) is 30.3 Å². The lowest BCUT2D eigenvalue weighted by Gasteiger charge is -2.26. The van der Waals surface area contributed by atoms with Gasteiger partial charge in [-0.1, -0.05) is 6.07 Å². The molecule has 1 amide bonds. The van der Waals surface area contributed by atoms with E-state index in [0.29, 0.717) is 42.4 Å². The smallest absolute Gasteiger partial charge is 0.295 e. The van der Waals surface area contributed by atoms with Gasteiger partial charge in [0, 0.05) is 19.2 Å². The number of ketones is 1. The van der Waals surface area contributed by atoms with E-state index in [1.165, 1.54) is 12.0 Å². The van der Waals surface area contributed by atoms with E-state index in [1.807, 2.05) is 6.07 Å². The fourth-order valence-corrected chi connectivity index (χ4v) is 4.54. The van der Waals surface area contributed by atoms with Crippen LogP contribution in [0.15, 0.2) is 42.0 Å². The highest BCUT2D eigenvalue weighted by Crippen LogP contribution is 2.42. The number of ether oxygens (including phenoxy) is 4. The first-order valence-electron chi connectivity index (χ1n) is 11.0. The summed E-state index contributed by atoms with van der Waals surface area (Å²) >= 11 is 0. The molecule has 0 bridgehead atoms. The molecule has 1 saturated heterocycles. The van der Waals surface area contributed by atoms with Crippen LogP contribution < -0.4 is 14.2 Å². The maximum absolute atomic E-state index is 13.1. The monoisotopic (exact) mass is 451 g/mol. The van der Waals surface area contributed by atoms with Gasteiger partial charge in [-0.05, 0) is 54.3 Å². The number of aliphatic hydroxyl groups is 1. The zero-order valence-electron chi connectivity index (χ0n) is 18.3. The number of amides is 1. The van der Waals surface area contributed by atoms with E-state index >= 15 is 0 Å². The van der Waals surface area contributed by atoms with Crippen molar-refractivity contribution in [1.29, 1.82) is 0 Å². The Hall–Kier alpha value is -3.52. The van der Waals surface area contributed by atoms with Crippen molar-refractivity contribution in [3.05, 3.63) is 58.7 Å². The Labute approximate surface area is 191 Å². The molecule has 1 atom stereocenters. The van der Waals surface area contributed by atoms with Crippen molar-refractivity contribution in [2.45, 2.75) is 18.9 Å². The van der Waals surface area contributed by atoms with Crippen LogP contribution in [0.2, 0.25) is 0 Å². The summed E-state index contributed by atoms with van der Waals surface area (Å²) in [6, 6.07) is 9.87. The first-order valence-corrected chi connectivity index (χ1v) is 11.0. The fraction of sp³-hybridized carbons (Fsp3) is 0.360. The van der Waals surface area contributed by atoms with Gasteiger partial charge >= 0.3 is 0 Å². The second-order valence-corrected chi connectivity index (χ2v) is 8.16. The SMILES string of the molecule is COCCN1C(=O)C(=O)/C(=C(\O)c2ccc3c(c2)CCCO3)C1c1ccc2c(c1)OCCO2. The molecule has 0 aliphatic carbocycles. The Kier molecular flexibility index (Phi) is 5.68. The van der Waals surface area contributed by atoms with E-state index in [4.69, 9.17) is 18.9 Å². The number of aliphatic hydroxyl groups excluding tert-OH is 1. The number of nitrogens with zero attached hydrogens (tertiary/aromatic N) is 1. The minimum Gasteiger partial charge on any atom is -0.507 e. The molecular weight excluding hydrogens is 426 g/mol. The van der Waals surface area contributed by atoms with Crippen LogP contribution >= 0.6 is 0 Å². The molecule has 2 aromatic carbocycles. The fourth-order valence-electron chi connectivity index (χ4n) is 4.54. The highest BCUT2D eigenvalue weighted by atomic mass is 16.6. The largest absolute Gasteiger partial charge is 0.507 e. The predicted molar refractivity (Wildman–Crippen MR) is 119 cm³/mol. The number of aryl methyl sites for hydroxylation is 1. The normalized spacial score (nSPS) is 21.0. The summed E-state index contributed by atoms with van der Waals surface area (Å²) in [6.07, 6.45) is 1.71. The second kappa shape index (κ2) is 8.78. The van der Waals surface area contributed by atoms with Crippen LogP contribution in [0.25, 0.3) is 5.76 Å². The number of carbonyl (C=O) groups excluding carboxylic acids is 2. The van der Waals surface area contributed by atoms with Crippen LogP contribution in [0.3, 0.4) is 0 Å². The average molecular weight is 451 g/mol. The molecule has 0 spiro atoms. The topological polar surface area (TPSA) is 94.5 Å². The van der Waals surface area contributed by atoms with Crippen LogP contribution in [-0.4, -0.2) is 61.8 Å². The maximum atomic E-state index is 13.1. The van der Waals surface area contributed by atoms with Gasteiger partial charge in [0.25, 0.3) is 11.7 Å². The van der Waals surface area contributed by atoms with Crippen LogP contribution in [0.1, 0.15) is 29.2 Å². The van der Waals surface area contributed by atoms with Crippen molar-refractivity contribution in [3.8, 4) is 17.2 Å². The van der Waals surface area contributed by atoms with Gasteiger partial charge < -0.3 is 29.0 Å². The minimum atomic E-state index is -0.775. The van der Waals surface area contributed by atoms with Crippen LogP contribution in [0.5, 0.6) is 17.2 Å². The van der Waals surface area contributed by atoms with Crippen molar-refractivity contribution in [2.24, 2.45) is 0 Å². The van der Waals surface area contributed by atoms with E-state index in [2.05, 4.69) is 0 Å². The number of methoxy groups -OCH3 is 1. The summed E-state index contributed by atoms with van der Waals surface area (Å²) in [5.74, 6) is 0.325. The number of likely N-dealkylation sites (tertiary alicyclic amines) is 1. The third-order valence-corrected chi connectivity index (χ3v) is 6.14. The molecule has 3 aliphatic rings. The number of hydrogen-bond donors (Lipinski definition) is 1. The lowest BCUT2D eigenvalue weighted by atomic mass is 9.93. The van der Waals surface area contributed by atoms with Crippen molar-refractivity contribution < 1.29 is 33.6 Å². The van der Waals surface area contributed by atoms with Gasteiger partial charge in [-0.3, -0.25) is 9.59 Å². The van der Waals surface area contributed by atoms with E-state index in [-0.39, 0.29) is 24.5 Å². The van der Waals surface area contributed by atoms with Gasteiger partial charge in [-0.2, -0.15) is 0 Å². The average Bonchev–Trinajstić information content (AvgIpc) is 3.11. The minimum absolute atomic E-state index is 0.0458. The molecule has 2 aromatic rings. The van der Waals surface area contributed by atoms with Gasteiger partial charge in [0.2, 0.25) is 0 Å². The van der Waals surface area contributed by atoms with E-state index < -0.39 is 17.7 Å². The first-order chi connectivity index (χ1) is 16.1. The van der Waals surface area contributed by atoms with E-state index in [0.717, 1.165) is 24.2 Å². The number of fused-ring (bicyclic) bond motifs is 2. The molecule has 3 heterocycles. The molecular formula is C25H25NO7. The van der Waals surface area contributed by atoms with Gasteiger partial charge in [0.15, 0.2) is 11.5 Å². The molecule has 8 nitrogen and oxygen atoms in total. The molecule has 1 N–H and O–H groups in total. The molecule has 8 heteroatoms. The number of Topliss-reactive ketones (excluding diaryl/α,β-unsaturated/α-hetero) is 1. The third-order valence-electron chi connectivity index (χ3n) is 6.14. The molecule has 5 rings (SSSR count). The molecule has 3 aliphatic heterocycles. The van der Waals surface area contributed by atoms with Gasteiger partial charge in [-0.15, -0.1) is 0 Å². The quantitative estimate of drug-likeness (QED) is 0.424. The third kappa shape index (κ3) is 3.80. The molecule has 1 unspecified atom stereocenters. The van der Waals surface area contributed by atoms with Crippen molar-refractivity contribution in [1.82, 2.24) is 4.90 Å². The Bertz CT molecular complexity index is 1140. The zero-order chi connectivity index (χ0) is 22.9. The summed E-state index contributed by atoms with van der Waals surface area (Å²) in [5, 5.41) is 11.3. The summed E-state index contributed by atoms with van der Waals surface area (Å²) in [6.45, 7) is 1.99. The summed E-state index contributed by atoms with van der Waals surface area (Å²) < 4.78 is 22.1. The highest BCUT2D eigenvalue weighted by Gasteiger charge is 2.46. The number of hydrogen-bond acceptors (Lipinski definition) is 7. The van der Waals surface area contributed by atoms with Gasteiger partial charge in [0.1, 0.15) is 24.7 Å². The molecule has 1 fully saturated rings. The number of benzene rings is 2. The second-order valence-electron chi connectivity index (χ2n) is 8.16. The van der Waals surface area contributed by atoms with Crippen LogP contribution in [-0.2, 0) is 20.7 Å². The Morgan fingerprint density at radius 3 is 2.61 bits per heavy atom. The van der Waals surface area contributed by atoms with Gasteiger partial charge in [0.05, 0.1) is 24.8 Å². The number of carbonyl (C=O) groups is 2. The number of rotatable bonds is 5. The Morgan fingerprint density at radius 1 is 1.03 bits per heavy atom. The summed E-state index contributed by atoms with van der Waals surface area (Å²) in [7, 11) is 1.53. The maximum Gasteiger partial charge on any atom is 0.295 e. The molecule has 0 radical (unpaired) electrons. The van der Waals surface area contributed by atoms with Crippen molar-refractivity contribution >= 4 is 17.4 Å². The Morgan fingerprint density at radius 2 is 1.79 bits per heavy atom. The standard InChI is InChI=1S/C25H25NO7/c1-30-10-8-26-22(16-4-7-19-20(14-16)33-12-11-32-19)21(24(28)25(26)29)23(27)17-5-6-18-15(13-17)3-2-9-31-18/h4-7,13-14,22,27H,2-3,8-12H2,1H3/b23-21-. The van der Waals surface area contributed by atoms with Gasteiger partial charge in [-0.25, -0.2) is 0 Å². The lowest BCUT2D eigenvalue weighted by Crippen LogP contribution is -2.32. The van der Waals surface area contributed by atoms with E-state index in [9.17, 15) is 14.7 Å². The highest BCUT2D eigenvalue weighted by molar-refractivity contribution is 6.46. The predicted octanol–water partition coefficient (Wildman–Crippen LogP) is 2.85. The molecule has 0 saturated carbocycles. The lowest BCUT2D eigenvalue weighted by molar-refractivity contribution is -0.140. The zero-order valence-corrected chi connectivity index (χ0v) is 18.3. The summed E-state index contributed by atoms with van der Waals surface area (Å²) in [5.41, 5.74) is 2.14. The summed E-state index contributed by atoms with van der Waals surface area (Å²) in [4.78, 5) is 27.5. The van der Waals surface area contributed by atoms with Crippen molar-refractivity contribution in [2.75, 3.05) is 40.1 Å². The molecule has 33 heavy (non-hydrogen) atoms. The Balaban J connectivity index is 1.62. The van der Waals surface area contributed by atoms with Crippen molar-refractivity contribution in [3.63, 3.8) is 0 Å².